The zero-order valence-electron chi connectivity index (χ0n) is 20.3. The highest BCUT2D eigenvalue weighted by Gasteiger charge is 2.30. The molecule has 1 atom stereocenters. The van der Waals surface area contributed by atoms with Crippen molar-refractivity contribution in [2.45, 2.75) is 53.1 Å². The second-order valence-corrected chi connectivity index (χ2v) is 11.3. The molecule has 0 aliphatic heterocycles. The summed E-state index contributed by atoms with van der Waals surface area (Å²) in [6.45, 7) is 6.80. The minimum atomic E-state index is -0.485. The van der Waals surface area contributed by atoms with Crippen molar-refractivity contribution in [1.29, 1.82) is 0 Å². The highest BCUT2D eigenvalue weighted by atomic mass is 32.1. The second kappa shape index (κ2) is 9.03. The van der Waals surface area contributed by atoms with Crippen molar-refractivity contribution in [2.24, 2.45) is 18.4 Å². The van der Waals surface area contributed by atoms with E-state index in [0.717, 1.165) is 17.7 Å². The average Bonchev–Trinajstić information content (AvgIpc) is 3.47. The van der Waals surface area contributed by atoms with Crippen LogP contribution >= 0.6 is 11.3 Å². The van der Waals surface area contributed by atoms with Gasteiger partial charge in [-0.3, -0.25) is 9.59 Å². The molecule has 0 saturated heterocycles. The van der Waals surface area contributed by atoms with Crippen LogP contribution < -0.4 is 5.56 Å². The van der Waals surface area contributed by atoms with Crippen LogP contribution in [-0.2, 0) is 42.4 Å². The highest BCUT2D eigenvalue weighted by Crippen LogP contribution is 2.42. The Hall–Kier alpha value is -3.33. The fourth-order valence-electron chi connectivity index (χ4n) is 4.62. The molecule has 0 fully saturated rings. The van der Waals surface area contributed by atoms with Crippen molar-refractivity contribution in [2.75, 3.05) is 0 Å². The van der Waals surface area contributed by atoms with Crippen molar-refractivity contribution in [3.8, 4) is 10.8 Å². The van der Waals surface area contributed by atoms with Crippen molar-refractivity contribution < 1.29 is 13.9 Å². The van der Waals surface area contributed by atoms with E-state index in [4.69, 9.17) is 9.15 Å². The third kappa shape index (κ3) is 4.77. The summed E-state index contributed by atoms with van der Waals surface area (Å²) >= 11 is 1.70. The predicted molar refractivity (Wildman–Crippen MR) is 133 cm³/mol. The van der Waals surface area contributed by atoms with E-state index in [2.05, 4.69) is 42.1 Å². The summed E-state index contributed by atoms with van der Waals surface area (Å²) in [4.78, 5) is 27.1. The van der Waals surface area contributed by atoms with E-state index in [1.165, 1.54) is 21.5 Å². The van der Waals surface area contributed by atoms with E-state index in [1.807, 2.05) is 6.07 Å². The number of carbonyl (C=O) groups is 1. The number of esters is 1. The molecule has 5 rings (SSSR count). The van der Waals surface area contributed by atoms with E-state index in [-0.39, 0.29) is 29.9 Å². The summed E-state index contributed by atoms with van der Waals surface area (Å²) in [7, 11) is 1.56. The molecule has 3 aromatic heterocycles. The molecule has 35 heavy (non-hydrogen) atoms. The number of aryl methyl sites for hydroxylation is 2. The molecule has 0 N–H and O–H groups in total. The topological polar surface area (TPSA) is 100 Å². The van der Waals surface area contributed by atoms with Crippen LogP contribution in [0.2, 0.25) is 0 Å². The summed E-state index contributed by atoms with van der Waals surface area (Å²) < 4.78 is 12.4. The Morgan fingerprint density at radius 3 is 2.77 bits per heavy atom. The molecular weight excluding hydrogens is 464 g/mol. The molecule has 1 aliphatic rings. The number of fused-ring (bicyclic) bond motifs is 2. The lowest BCUT2D eigenvalue weighted by Gasteiger charge is -2.33. The molecule has 1 aliphatic carbocycles. The first-order valence-electron chi connectivity index (χ1n) is 11.7. The van der Waals surface area contributed by atoms with Gasteiger partial charge in [-0.15, -0.1) is 21.5 Å². The zero-order chi connectivity index (χ0) is 24.7. The lowest BCUT2D eigenvalue weighted by molar-refractivity contribution is -0.144. The Bertz CT molecular complexity index is 1460. The first-order valence-corrected chi connectivity index (χ1v) is 12.6. The van der Waals surface area contributed by atoms with Gasteiger partial charge in [0.05, 0.1) is 22.4 Å². The van der Waals surface area contributed by atoms with Crippen LogP contribution in [-0.4, -0.2) is 25.9 Å². The molecule has 0 saturated carbocycles. The van der Waals surface area contributed by atoms with E-state index in [9.17, 15) is 9.59 Å². The quantitative estimate of drug-likeness (QED) is 0.379. The van der Waals surface area contributed by atoms with Gasteiger partial charge in [0.2, 0.25) is 0 Å². The van der Waals surface area contributed by atoms with E-state index < -0.39 is 5.97 Å². The number of thiophene rings is 1. The maximum atomic E-state index is 12.5. The molecule has 8 nitrogen and oxygen atoms in total. The monoisotopic (exact) mass is 492 g/mol. The van der Waals surface area contributed by atoms with Crippen molar-refractivity contribution in [1.82, 2.24) is 20.0 Å². The summed E-state index contributed by atoms with van der Waals surface area (Å²) in [6, 6.07) is 9.26. The normalized spacial score (nSPS) is 15.8. The van der Waals surface area contributed by atoms with Gasteiger partial charge in [-0.05, 0) is 48.3 Å². The van der Waals surface area contributed by atoms with E-state index in [0.29, 0.717) is 28.3 Å². The molecule has 1 aromatic carbocycles. The van der Waals surface area contributed by atoms with Gasteiger partial charge in [-0.1, -0.05) is 39.0 Å². The average molecular weight is 493 g/mol. The fourth-order valence-corrected chi connectivity index (χ4v) is 5.75. The Kier molecular flexibility index (Phi) is 6.04. The fraction of sp³-hybridized carbons (Fsp3) is 0.423. The first kappa shape index (κ1) is 23.4. The summed E-state index contributed by atoms with van der Waals surface area (Å²) in [5.41, 5.74) is 1.94. The van der Waals surface area contributed by atoms with Crippen LogP contribution in [0.4, 0.5) is 0 Å². The van der Waals surface area contributed by atoms with Crippen LogP contribution in [0.25, 0.3) is 21.5 Å². The predicted octanol–water partition coefficient (Wildman–Crippen LogP) is 4.48. The third-order valence-electron chi connectivity index (χ3n) is 6.69. The lowest BCUT2D eigenvalue weighted by Crippen LogP contribution is -2.26. The minimum absolute atomic E-state index is 0.0672. The van der Waals surface area contributed by atoms with Crippen LogP contribution in [0.1, 0.15) is 49.2 Å². The Balaban J connectivity index is 1.25. The van der Waals surface area contributed by atoms with Gasteiger partial charge in [-0.25, -0.2) is 4.68 Å². The molecule has 3 heterocycles. The molecule has 0 bridgehead atoms. The molecule has 182 valence electrons. The van der Waals surface area contributed by atoms with Crippen LogP contribution in [0.15, 0.2) is 39.5 Å². The molecule has 0 spiro atoms. The smallest absolute Gasteiger partial charge is 0.312 e. The highest BCUT2D eigenvalue weighted by molar-refractivity contribution is 7.15. The lowest BCUT2D eigenvalue weighted by atomic mass is 9.72. The molecule has 9 heteroatoms. The van der Waals surface area contributed by atoms with Gasteiger partial charge < -0.3 is 9.15 Å². The third-order valence-corrected chi connectivity index (χ3v) is 7.91. The maximum absolute atomic E-state index is 12.5. The molecule has 4 aromatic rings. The zero-order valence-corrected chi connectivity index (χ0v) is 21.1. The van der Waals surface area contributed by atoms with Gasteiger partial charge >= 0.3 is 5.97 Å². The van der Waals surface area contributed by atoms with Crippen LogP contribution in [0, 0.1) is 11.3 Å². The number of aromatic nitrogens is 4. The summed E-state index contributed by atoms with van der Waals surface area (Å²) in [6.07, 6.45) is 3.28. The second-order valence-electron chi connectivity index (χ2n) is 10.1. The molecule has 0 unspecified atom stereocenters. The number of hydrogen-bond acceptors (Lipinski definition) is 8. The Labute approximate surface area is 206 Å². The number of ether oxygens (including phenoxy) is 1. The number of nitrogens with zero attached hydrogens (tertiary/aromatic N) is 4. The van der Waals surface area contributed by atoms with Gasteiger partial charge in [0.25, 0.3) is 17.3 Å². The van der Waals surface area contributed by atoms with Gasteiger partial charge in [0, 0.05) is 17.3 Å². The van der Waals surface area contributed by atoms with Crippen molar-refractivity contribution in [3.05, 3.63) is 62.7 Å². The van der Waals surface area contributed by atoms with E-state index >= 15 is 0 Å². The number of benzene rings is 1. The minimum Gasteiger partial charge on any atom is -0.455 e. The van der Waals surface area contributed by atoms with Crippen molar-refractivity contribution >= 4 is 28.1 Å². The first-order chi connectivity index (χ1) is 16.7. The molecule has 0 amide bonds. The number of rotatable bonds is 5. The maximum Gasteiger partial charge on any atom is 0.312 e. The van der Waals surface area contributed by atoms with Gasteiger partial charge in [0.15, 0.2) is 6.61 Å². The molecular formula is C26H28N4O4S. The number of carbonyl (C=O) groups excluding carboxylic acids is 1. The van der Waals surface area contributed by atoms with Crippen LogP contribution in [0.3, 0.4) is 0 Å². The number of hydrogen-bond donors (Lipinski definition) is 0. The van der Waals surface area contributed by atoms with Crippen molar-refractivity contribution in [3.63, 3.8) is 0 Å². The Morgan fingerprint density at radius 1 is 1.23 bits per heavy atom. The SMILES string of the molecule is Cn1nc(CC(=O)OCc2nnc(-c3cc4c(s3)CC[C@@H](C(C)(C)C)C4)o2)c2ccccc2c1=O. The summed E-state index contributed by atoms with van der Waals surface area (Å²) in [5, 5.41) is 13.6. The summed E-state index contributed by atoms with van der Waals surface area (Å²) in [5.74, 6) is 0.869. The van der Waals surface area contributed by atoms with E-state index in [1.54, 1.807) is 36.6 Å². The molecule has 0 radical (unpaired) electrons. The Morgan fingerprint density at radius 2 is 2.00 bits per heavy atom. The van der Waals surface area contributed by atoms with Crippen LogP contribution in [0.5, 0.6) is 0 Å². The van der Waals surface area contributed by atoms with Gasteiger partial charge in [-0.2, -0.15) is 5.10 Å². The standard InChI is InChI=1S/C26H28N4O4S/c1-26(2,3)16-9-10-20-15(11-16)12-21(35-20)24-28-27-22(34-24)14-33-23(31)13-19-17-7-5-6-8-18(17)25(32)30(4)29-19/h5-8,12,16H,9-11,13-14H2,1-4H3/t16-/m1/s1. The largest absolute Gasteiger partial charge is 0.455 e. The van der Waals surface area contributed by atoms with Gasteiger partial charge in [0.1, 0.15) is 0 Å².